The predicted octanol–water partition coefficient (Wildman–Crippen LogP) is 3.05. The van der Waals surface area contributed by atoms with Crippen LogP contribution in [0.4, 0.5) is 0 Å². The van der Waals surface area contributed by atoms with Gasteiger partial charge in [-0.1, -0.05) is 23.7 Å². The Balaban J connectivity index is 1.98. The van der Waals surface area contributed by atoms with Crippen LogP contribution in [0.5, 0.6) is 0 Å². The molecule has 0 aliphatic carbocycles. The lowest BCUT2D eigenvalue weighted by atomic mass is 10.3. The minimum Gasteiger partial charge on any atom is -0.298 e. The average Bonchev–Trinajstić information content (AvgIpc) is 3.17. The van der Waals surface area contributed by atoms with E-state index in [0.717, 1.165) is 4.88 Å². The van der Waals surface area contributed by atoms with E-state index in [0.29, 0.717) is 23.1 Å². The second kappa shape index (κ2) is 6.38. The van der Waals surface area contributed by atoms with Gasteiger partial charge in [0.25, 0.3) is 0 Å². The van der Waals surface area contributed by atoms with Crippen molar-refractivity contribution in [1.82, 2.24) is 19.7 Å². The number of hydrogen-bond acceptors (Lipinski definition) is 6. The van der Waals surface area contributed by atoms with Gasteiger partial charge in [0, 0.05) is 12.7 Å². The first-order valence-corrected chi connectivity index (χ1v) is 9.72. The van der Waals surface area contributed by atoms with Crippen molar-refractivity contribution >= 4 is 32.8 Å². The summed E-state index contributed by atoms with van der Waals surface area (Å²) in [7, 11) is -3.63. The van der Waals surface area contributed by atoms with Crippen molar-refractivity contribution in [3.8, 4) is 10.7 Å². The van der Waals surface area contributed by atoms with Gasteiger partial charge in [0.15, 0.2) is 5.82 Å². The zero-order valence-electron chi connectivity index (χ0n) is 12.2. The van der Waals surface area contributed by atoms with E-state index in [2.05, 4.69) is 15.2 Å². The zero-order chi connectivity index (χ0) is 16.4. The van der Waals surface area contributed by atoms with Gasteiger partial charge >= 0.3 is 0 Å². The van der Waals surface area contributed by atoms with E-state index < -0.39 is 9.84 Å². The van der Waals surface area contributed by atoms with Crippen molar-refractivity contribution in [2.24, 2.45) is 0 Å². The molecule has 120 valence electrons. The van der Waals surface area contributed by atoms with Crippen LogP contribution in [0.15, 0.2) is 41.0 Å². The molecule has 0 spiro atoms. The molecule has 0 aromatic carbocycles. The van der Waals surface area contributed by atoms with Gasteiger partial charge < -0.3 is 0 Å². The Kier molecular flexibility index (Phi) is 4.47. The third-order valence-electron chi connectivity index (χ3n) is 3.20. The van der Waals surface area contributed by atoms with Gasteiger partial charge in [0.1, 0.15) is 5.15 Å². The Morgan fingerprint density at radius 1 is 1.26 bits per heavy atom. The largest absolute Gasteiger partial charge is 0.298 e. The van der Waals surface area contributed by atoms with E-state index in [4.69, 9.17) is 11.6 Å². The second-order valence-corrected chi connectivity index (χ2v) is 7.99. The third-order valence-corrected chi connectivity index (χ3v) is 5.86. The normalized spacial score (nSPS) is 11.7. The number of pyridine rings is 1. The monoisotopic (exact) mass is 368 g/mol. The zero-order valence-corrected chi connectivity index (χ0v) is 14.6. The smallest absolute Gasteiger partial charge is 0.250 e. The summed E-state index contributed by atoms with van der Waals surface area (Å²) in [5.41, 5.74) is 0.553. The van der Waals surface area contributed by atoms with Crippen LogP contribution in [-0.4, -0.2) is 28.2 Å². The number of thiophene rings is 1. The molecule has 0 saturated carbocycles. The van der Waals surface area contributed by atoms with Gasteiger partial charge in [0.2, 0.25) is 15.0 Å². The standard InChI is InChI=1S/C14H13ClN4O2S2/c1-2-19-13(11-4-3-7-22-11)17-18-14(19)23(20,21)9-10-5-6-12(15)16-8-10/h3-8H,2,9H2,1H3. The van der Waals surface area contributed by atoms with E-state index in [-0.39, 0.29) is 10.9 Å². The molecule has 0 atom stereocenters. The lowest BCUT2D eigenvalue weighted by Crippen LogP contribution is -2.13. The fourth-order valence-corrected chi connectivity index (χ4v) is 4.45. The van der Waals surface area contributed by atoms with Gasteiger partial charge in [-0.2, -0.15) is 0 Å². The van der Waals surface area contributed by atoms with Crippen molar-refractivity contribution in [2.75, 3.05) is 0 Å². The highest BCUT2D eigenvalue weighted by Gasteiger charge is 2.25. The van der Waals surface area contributed by atoms with Gasteiger partial charge in [-0.25, -0.2) is 13.4 Å². The molecule has 0 aliphatic heterocycles. The van der Waals surface area contributed by atoms with E-state index in [1.54, 1.807) is 16.7 Å². The highest BCUT2D eigenvalue weighted by molar-refractivity contribution is 7.90. The number of halogens is 1. The quantitative estimate of drug-likeness (QED) is 0.647. The number of nitrogens with zero attached hydrogens (tertiary/aromatic N) is 4. The second-order valence-electron chi connectivity index (χ2n) is 4.78. The first kappa shape index (κ1) is 16.1. The summed E-state index contributed by atoms with van der Waals surface area (Å²) in [5, 5.41) is 10.2. The van der Waals surface area contributed by atoms with Crippen LogP contribution < -0.4 is 0 Å². The minimum absolute atomic E-state index is 0.0293. The van der Waals surface area contributed by atoms with Crippen molar-refractivity contribution < 1.29 is 8.42 Å². The molecule has 0 saturated heterocycles. The van der Waals surface area contributed by atoms with Crippen LogP contribution in [-0.2, 0) is 22.1 Å². The van der Waals surface area contributed by atoms with Crippen molar-refractivity contribution in [1.29, 1.82) is 0 Å². The molecular formula is C14H13ClN4O2S2. The van der Waals surface area contributed by atoms with Gasteiger partial charge in [-0.3, -0.25) is 4.57 Å². The summed E-state index contributed by atoms with van der Waals surface area (Å²) < 4.78 is 27.0. The van der Waals surface area contributed by atoms with E-state index in [1.165, 1.54) is 17.5 Å². The van der Waals surface area contributed by atoms with Crippen LogP contribution in [0.2, 0.25) is 5.15 Å². The van der Waals surface area contributed by atoms with Crippen LogP contribution in [0.1, 0.15) is 12.5 Å². The molecule has 3 aromatic heterocycles. The summed E-state index contributed by atoms with van der Waals surface area (Å²) >= 11 is 7.21. The Labute approximate surface area is 142 Å². The lowest BCUT2D eigenvalue weighted by molar-refractivity contribution is 0.568. The van der Waals surface area contributed by atoms with E-state index in [1.807, 2.05) is 24.4 Å². The van der Waals surface area contributed by atoms with Crippen molar-refractivity contribution in [3.05, 3.63) is 46.6 Å². The number of aromatic nitrogens is 4. The van der Waals surface area contributed by atoms with E-state index in [9.17, 15) is 8.42 Å². The Morgan fingerprint density at radius 3 is 2.70 bits per heavy atom. The van der Waals surface area contributed by atoms with Gasteiger partial charge in [-0.15, -0.1) is 21.5 Å². The molecule has 9 heteroatoms. The molecule has 0 aliphatic rings. The summed E-state index contributed by atoms with van der Waals surface area (Å²) in [6.45, 7) is 2.33. The number of sulfone groups is 1. The highest BCUT2D eigenvalue weighted by Crippen LogP contribution is 2.26. The molecule has 3 rings (SSSR count). The van der Waals surface area contributed by atoms with E-state index >= 15 is 0 Å². The third kappa shape index (κ3) is 3.29. The molecule has 0 amide bonds. The fraction of sp³-hybridized carbons (Fsp3) is 0.214. The van der Waals surface area contributed by atoms with Crippen molar-refractivity contribution in [2.45, 2.75) is 24.4 Å². The fourth-order valence-electron chi connectivity index (χ4n) is 2.17. The first-order valence-electron chi connectivity index (χ1n) is 6.81. The summed E-state index contributed by atoms with van der Waals surface area (Å²) in [5.74, 6) is 0.370. The van der Waals surface area contributed by atoms with Crippen LogP contribution in [0.25, 0.3) is 10.7 Å². The molecule has 0 bridgehead atoms. The maximum Gasteiger partial charge on any atom is 0.250 e. The number of hydrogen-bond donors (Lipinski definition) is 0. The molecule has 0 N–H and O–H groups in total. The topological polar surface area (TPSA) is 77.7 Å². The molecular weight excluding hydrogens is 356 g/mol. The minimum atomic E-state index is -3.63. The summed E-state index contributed by atoms with van der Waals surface area (Å²) in [4.78, 5) is 4.79. The maximum atomic E-state index is 12.7. The molecule has 6 nitrogen and oxygen atoms in total. The molecule has 23 heavy (non-hydrogen) atoms. The lowest BCUT2D eigenvalue weighted by Gasteiger charge is -2.07. The Morgan fingerprint density at radius 2 is 2.09 bits per heavy atom. The van der Waals surface area contributed by atoms with Crippen LogP contribution >= 0.6 is 22.9 Å². The van der Waals surface area contributed by atoms with Gasteiger partial charge in [0.05, 0.1) is 10.6 Å². The maximum absolute atomic E-state index is 12.7. The molecule has 0 fully saturated rings. The average molecular weight is 369 g/mol. The Hall–Kier alpha value is -1.77. The summed E-state index contributed by atoms with van der Waals surface area (Å²) in [6.07, 6.45) is 1.45. The van der Waals surface area contributed by atoms with Crippen LogP contribution in [0, 0.1) is 0 Å². The molecule has 3 heterocycles. The highest BCUT2D eigenvalue weighted by atomic mass is 35.5. The SMILES string of the molecule is CCn1c(-c2cccs2)nnc1S(=O)(=O)Cc1ccc(Cl)nc1. The first-order chi connectivity index (χ1) is 11.0. The Bertz CT molecular complexity index is 903. The molecule has 3 aromatic rings. The van der Waals surface area contributed by atoms with Crippen LogP contribution in [0.3, 0.4) is 0 Å². The number of rotatable bonds is 5. The summed E-state index contributed by atoms with van der Waals surface area (Å²) in [6, 6.07) is 6.98. The predicted molar refractivity (Wildman–Crippen MR) is 89.1 cm³/mol. The molecule has 0 unspecified atom stereocenters. The van der Waals surface area contributed by atoms with Gasteiger partial charge in [-0.05, 0) is 30.0 Å². The molecule has 0 radical (unpaired) electrons. The van der Waals surface area contributed by atoms with Crippen molar-refractivity contribution in [3.63, 3.8) is 0 Å².